The average Bonchev–Trinajstić information content (AvgIpc) is 3.31. The van der Waals surface area contributed by atoms with Gasteiger partial charge in [0.2, 0.25) is 0 Å². The van der Waals surface area contributed by atoms with E-state index in [-0.39, 0.29) is 11.3 Å². The number of aryl methyl sites for hydroxylation is 1. The lowest BCUT2D eigenvalue weighted by Crippen LogP contribution is -2.46. The van der Waals surface area contributed by atoms with Gasteiger partial charge in [0.25, 0.3) is 5.91 Å². The summed E-state index contributed by atoms with van der Waals surface area (Å²) in [5.74, 6) is 0.514. The van der Waals surface area contributed by atoms with Crippen molar-refractivity contribution in [3.8, 4) is 0 Å². The highest BCUT2D eigenvalue weighted by Gasteiger charge is 2.45. The molecule has 144 valence electrons. The maximum atomic E-state index is 13.2. The van der Waals surface area contributed by atoms with Crippen LogP contribution in [0.1, 0.15) is 54.7 Å². The molecule has 3 fully saturated rings. The first kappa shape index (κ1) is 16.9. The molecular weight excluding hydrogens is 344 g/mol. The van der Waals surface area contributed by atoms with Gasteiger partial charge in [-0.25, -0.2) is 0 Å². The number of ether oxygens (including phenoxy) is 1. The number of carbonyl (C=O) groups excluding carboxylic acids is 1. The van der Waals surface area contributed by atoms with Gasteiger partial charge in [0.1, 0.15) is 0 Å². The summed E-state index contributed by atoms with van der Waals surface area (Å²) in [5, 5.41) is 12.7. The van der Waals surface area contributed by atoms with Crippen LogP contribution in [-0.4, -0.2) is 60.9 Å². The Bertz CT molecular complexity index is 840. The minimum absolute atomic E-state index is 0.0345. The Hall–Kier alpha value is -2.22. The lowest BCUT2D eigenvalue weighted by atomic mass is 9.88. The van der Waals surface area contributed by atoms with Gasteiger partial charge in [-0.3, -0.25) is 14.2 Å². The summed E-state index contributed by atoms with van der Waals surface area (Å²) in [6.45, 7) is 4.38. The molecule has 27 heavy (non-hydrogen) atoms. The van der Waals surface area contributed by atoms with Crippen molar-refractivity contribution in [1.29, 1.82) is 0 Å². The molecule has 3 aliphatic heterocycles. The SMILES string of the molecule is Cn1nccc1C1CC2CCC(C1)N2C(=O)c1cn(CC2(C)COC2)nn1. The summed E-state index contributed by atoms with van der Waals surface area (Å²) in [4.78, 5) is 15.2. The van der Waals surface area contributed by atoms with Crippen LogP contribution in [0.4, 0.5) is 0 Å². The maximum Gasteiger partial charge on any atom is 0.276 e. The van der Waals surface area contributed by atoms with Crippen molar-refractivity contribution in [2.45, 2.75) is 57.2 Å². The molecule has 3 saturated heterocycles. The minimum Gasteiger partial charge on any atom is -0.380 e. The molecule has 2 bridgehead atoms. The quantitative estimate of drug-likeness (QED) is 0.817. The summed E-state index contributed by atoms with van der Waals surface area (Å²) < 4.78 is 9.06. The fourth-order valence-electron chi connectivity index (χ4n) is 5.07. The van der Waals surface area contributed by atoms with E-state index in [1.54, 1.807) is 10.9 Å². The van der Waals surface area contributed by atoms with Crippen LogP contribution in [0, 0.1) is 5.41 Å². The summed E-state index contributed by atoms with van der Waals surface area (Å²) in [6, 6.07) is 2.69. The number of piperidine rings is 1. The van der Waals surface area contributed by atoms with Crippen LogP contribution in [-0.2, 0) is 18.3 Å². The molecule has 0 radical (unpaired) electrons. The first-order valence-electron chi connectivity index (χ1n) is 9.81. The van der Waals surface area contributed by atoms with E-state index in [1.165, 1.54) is 5.69 Å². The van der Waals surface area contributed by atoms with Crippen LogP contribution in [0.2, 0.25) is 0 Å². The highest BCUT2D eigenvalue weighted by molar-refractivity contribution is 5.92. The number of nitrogens with zero attached hydrogens (tertiary/aromatic N) is 6. The molecule has 0 saturated carbocycles. The van der Waals surface area contributed by atoms with Crippen LogP contribution in [0.25, 0.3) is 0 Å². The number of hydrogen-bond acceptors (Lipinski definition) is 5. The van der Waals surface area contributed by atoms with Gasteiger partial charge in [-0.2, -0.15) is 5.10 Å². The van der Waals surface area contributed by atoms with Gasteiger partial charge in [0.05, 0.1) is 26.0 Å². The van der Waals surface area contributed by atoms with Crippen molar-refractivity contribution in [3.63, 3.8) is 0 Å². The zero-order chi connectivity index (χ0) is 18.6. The fourth-order valence-corrected chi connectivity index (χ4v) is 5.07. The smallest absolute Gasteiger partial charge is 0.276 e. The van der Waals surface area contributed by atoms with Gasteiger partial charge in [-0.1, -0.05) is 12.1 Å². The van der Waals surface area contributed by atoms with Gasteiger partial charge in [0.15, 0.2) is 5.69 Å². The second kappa shape index (κ2) is 6.15. The fraction of sp³-hybridized carbons (Fsp3) is 0.684. The predicted octanol–water partition coefficient (Wildman–Crippen LogP) is 1.60. The highest BCUT2D eigenvalue weighted by atomic mass is 16.5. The molecule has 8 nitrogen and oxygen atoms in total. The molecule has 2 atom stereocenters. The van der Waals surface area contributed by atoms with Gasteiger partial charge in [-0.05, 0) is 31.7 Å². The molecule has 2 aromatic rings. The molecule has 0 spiro atoms. The van der Waals surface area contributed by atoms with Crippen molar-refractivity contribution >= 4 is 5.91 Å². The number of fused-ring (bicyclic) bond motifs is 2. The minimum atomic E-state index is 0.0345. The largest absolute Gasteiger partial charge is 0.380 e. The van der Waals surface area contributed by atoms with E-state index < -0.39 is 0 Å². The zero-order valence-corrected chi connectivity index (χ0v) is 15.9. The van der Waals surface area contributed by atoms with Gasteiger partial charge in [-0.15, -0.1) is 5.10 Å². The van der Waals surface area contributed by atoms with E-state index in [9.17, 15) is 4.79 Å². The summed E-state index contributed by atoms with van der Waals surface area (Å²) in [5.41, 5.74) is 1.85. The number of carbonyl (C=O) groups is 1. The van der Waals surface area contributed by atoms with E-state index in [4.69, 9.17) is 4.74 Å². The van der Waals surface area contributed by atoms with Crippen molar-refractivity contribution in [3.05, 3.63) is 29.8 Å². The van der Waals surface area contributed by atoms with Crippen molar-refractivity contribution in [2.24, 2.45) is 12.5 Å². The zero-order valence-electron chi connectivity index (χ0n) is 15.9. The van der Waals surface area contributed by atoms with E-state index >= 15 is 0 Å². The lowest BCUT2D eigenvalue weighted by Gasteiger charge is -2.38. The van der Waals surface area contributed by atoms with E-state index in [0.29, 0.717) is 23.7 Å². The van der Waals surface area contributed by atoms with Gasteiger partial charge in [0, 0.05) is 42.4 Å². The lowest BCUT2D eigenvalue weighted by molar-refractivity contribution is -0.111. The number of amides is 1. The van der Waals surface area contributed by atoms with Gasteiger partial charge >= 0.3 is 0 Å². The monoisotopic (exact) mass is 370 g/mol. The Morgan fingerprint density at radius 1 is 1.30 bits per heavy atom. The maximum absolute atomic E-state index is 13.2. The van der Waals surface area contributed by atoms with E-state index in [2.05, 4.69) is 33.3 Å². The third-order valence-electron chi connectivity index (χ3n) is 6.45. The van der Waals surface area contributed by atoms with Crippen LogP contribution >= 0.6 is 0 Å². The Kier molecular flexibility index (Phi) is 3.86. The molecule has 0 N–H and O–H groups in total. The van der Waals surface area contributed by atoms with E-state index in [0.717, 1.165) is 45.4 Å². The molecule has 2 unspecified atom stereocenters. The Morgan fingerprint density at radius 3 is 2.63 bits per heavy atom. The number of rotatable bonds is 4. The van der Waals surface area contributed by atoms with Crippen molar-refractivity contribution < 1.29 is 9.53 Å². The summed E-state index contributed by atoms with van der Waals surface area (Å²) in [6.07, 6.45) is 7.83. The Balaban J connectivity index is 1.30. The van der Waals surface area contributed by atoms with Crippen molar-refractivity contribution in [2.75, 3.05) is 13.2 Å². The summed E-state index contributed by atoms with van der Waals surface area (Å²) in [7, 11) is 2.00. The third kappa shape index (κ3) is 2.86. The Labute approximate surface area is 158 Å². The van der Waals surface area contributed by atoms with Gasteiger partial charge < -0.3 is 9.64 Å². The van der Waals surface area contributed by atoms with Crippen LogP contribution < -0.4 is 0 Å². The van der Waals surface area contributed by atoms with Crippen LogP contribution in [0.15, 0.2) is 18.5 Å². The normalized spacial score (nSPS) is 29.0. The highest BCUT2D eigenvalue weighted by Crippen LogP contribution is 2.43. The predicted molar refractivity (Wildman–Crippen MR) is 97.1 cm³/mol. The number of hydrogen-bond donors (Lipinski definition) is 0. The molecule has 2 aromatic heterocycles. The summed E-state index contributed by atoms with van der Waals surface area (Å²) >= 11 is 0. The first-order chi connectivity index (χ1) is 13.0. The number of aromatic nitrogens is 5. The first-order valence-corrected chi connectivity index (χ1v) is 9.81. The molecule has 0 aliphatic carbocycles. The second-order valence-corrected chi connectivity index (χ2v) is 8.75. The van der Waals surface area contributed by atoms with Crippen LogP contribution in [0.5, 0.6) is 0 Å². The average molecular weight is 370 g/mol. The van der Waals surface area contributed by atoms with Crippen LogP contribution in [0.3, 0.4) is 0 Å². The topological polar surface area (TPSA) is 78.1 Å². The standard InChI is InChI=1S/C19H26N6O2/c1-19(11-27-12-19)10-24-9-16(21-22-24)18(26)25-14-3-4-15(25)8-13(7-14)17-5-6-20-23(17)2/h5-6,9,13-15H,3-4,7-8,10-12H2,1-2H3. The molecular formula is C19H26N6O2. The van der Waals surface area contributed by atoms with E-state index in [1.807, 2.05) is 17.9 Å². The molecule has 0 aromatic carbocycles. The van der Waals surface area contributed by atoms with Crippen molar-refractivity contribution in [1.82, 2.24) is 29.7 Å². The molecule has 3 aliphatic rings. The molecule has 1 amide bonds. The Morgan fingerprint density at radius 2 is 2.04 bits per heavy atom. The second-order valence-electron chi connectivity index (χ2n) is 8.75. The molecule has 8 heteroatoms. The molecule has 5 heterocycles. The molecule has 5 rings (SSSR count). The third-order valence-corrected chi connectivity index (χ3v) is 6.45.